The van der Waals surface area contributed by atoms with Crippen molar-refractivity contribution in [2.75, 3.05) is 0 Å². The molecule has 4 rings (SSSR count). The number of carboxylic acids is 3. The Morgan fingerprint density at radius 3 is 2.10 bits per heavy atom. The molecule has 0 spiro atoms. The second kappa shape index (κ2) is 12.1. The van der Waals surface area contributed by atoms with Crippen LogP contribution in [0.1, 0.15) is 55.3 Å². The van der Waals surface area contributed by atoms with Crippen LogP contribution in [-0.2, 0) is 33.1 Å². The van der Waals surface area contributed by atoms with Crippen LogP contribution < -0.4 is 0 Å². The Balaban J connectivity index is 0.000000276. The first kappa shape index (κ1) is 29.9. The topological polar surface area (TPSA) is 173 Å². The molecule has 212 valence electrons. The van der Waals surface area contributed by atoms with Gasteiger partial charge in [0.15, 0.2) is 5.60 Å². The van der Waals surface area contributed by atoms with Gasteiger partial charge in [0.25, 0.3) is 0 Å². The molecule has 39 heavy (non-hydrogen) atoms. The van der Waals surface area contributed by atoms with Crippen LogP contribution >= 0.6 is 0 Å². The first-order valence-corrected chi connectivity index (χ1v) is 12.5. The molecule has 2 bridgehead atoms. The maximum Gasteiger partial charge on any atom is 0.336 e. The van der Waals surface area contributed by atoms with E-state index in [1.807, 2.05) is 17.0 Å². The second-order valence-electron chi connectivity index (χ2n) is 10.2. The number of aromatic nitrogens is 2. The van der Waals surface area contributed by atoms with E-state index >= 15 is 0 Å². The number of carboxylic acid groups (broad SMARTS) is 3. The predicted octanol–water partition coefficient (Wildman–Crippen LogP) is 2.28. The zero-order valence-electron chi connectivity index (χ0n) is 21.7. The van der Waals surface area contributed by atoms with Crippen LogP contribution in [0.25, 0.3) is 0 Å². The van der Waals surface area contributed by atoms with Crippen molar-refractivity contribution >= 4 is 17.9 Å². The zero-order valence-corrected chi connectivity index (χ0v) is 21.7. The summed E-state index contributed by atoms with van der Waals surface area (Å²) in [5.41, 5.74) is -0.319. The van der Waals surface area contributed by atoms with Gasteiger partial charge >= 0.3 is 17.9 Å². The summed E-state index contributed by atoms with van der Waals surface area (Å²) in [6, 6.07) is 7.05. The van der Waals surface area contributed by atoms with Gasteiger partial charge in [-0.25, -0.2) is 9.18 Å². The van der Waals surface area contributed by atoms with Crippen LogP contribution in [0.2, 0.25) is 0 Å². The normalized spacial score (nSPS) is 22.6. The van der Waals surface area contributed by atoms with E-state index in [9.17, 15) is 23.9 Å². The standard InChI is InChI=1S/C21H26FN3O.C6H8O7/c1-3-10-25-15(2)16(13-23-25)14-24-19-8-9-20(24)12-21(26,11-19)17-4-6-18(22)7-5-17;7-3(8)1-6(13,5(11)12)2-4(9)10/h3-7,13,19-20,26H,1,8-12,14H2,2H3;13H,1-2H2,(H,7,8)(H,9,10)(H,11,12). The van der Waals surface area contributed by atoms with E-state index in [4.69, 9.17) is 20.4 Å². The number of fused-ring (bicyclic) bond motifs is 2. The molecule has 0 saturated carbocycles. The lowest BCUT2D eigenvalue weighted by Gasteiger charge is -2.44. The average Bonchev–Trinajstić information content (AvgIpc) is 3.30. The molecule has 0 aliphatic carbocycles. The molecule has 5 N–H and O–H groups in total. The molecule has 2 aliphatic heterocycles. The number of hydrogen-bond acceptors (Lipinski definition) is 7. The number of halogens is 1. The van der Waals surface area contributed by atoms with Gasteiger partial charge in [0, 0.05) is 29.9 Å². The molecule has 1 aromatic heterocycles. The molecule has 2 aromatic rings. The molecule has 0 radical (unpaired) electrons. The Morgan fingerprint density at radius 1 is 1.10 bits per heavy atom. The number of hydrogen-bond donors (Lipinski definition) is 5. The summed E-state index contributed by atoms with van der Waals surface area (Å²) in [7, 11) is 0. The molecule has 0 amide bonds. The van der Waals surface area contributed by atoms with Crippen molar-refractivity contribution in [2.24, 2.45) is 0 Å². The van der Waals surface area contributed by atoms with E-state index in [2.05, 4.69) is 23.5 Å². The lowest BCUT2D eigenvalue weighted by Crippen LogP contribution is -2.49. The summed E-state index contributed by atoms with van der Waals surface area (Å²) >= 11 is 0. The van der Waals surface area contributed by atoms with Gasteiger partial charge in [-0.1, -0.05) is 18.2 Å². The van der Waals surface area contributed by atoms with Crippen LogP contribution in [0, 0.1) is 12.7 Å². The average molecular weight is 548 g/mol. The number of carbonyl (C=O) groups is 3. The van der Waals surface area contributed by atoms with E-state index in [1.165, 1.54) is 23.4 Å². The fourth-order valence-electron chi connectivity index (χ4n) is 5.43. The largest absolute Gasteiger partial charge is 0.481 e. The highest BCUT2D eigenvalue weighted by molar-refractivity contribution is 5.88. The Labute approximate surface area is 224 Å². The first-order chi connectivity index (χ1) is 18.3. The molecule has 1 aromatic carbocycles. The maximum absolute atomic E-state index is 13.2. The number of rotatable bonds is 10. The monoisotopic (exact) mass is 547 g/mol. The SMILES string of the molecule is C=CCn1ncc(CN2C3CCC2CC(O)(c2ccc(F)cc2)C3)c1C.O=C(O)CC(O)(CC(=O)O)C(=O)O. The maximum atomic E-state index is 13.2. The second-order valence-corrected chi connectivity index (χ2v) is 10.2. The van der Waals surface area contributed by atoms with E-state index in [0.717, 1.165) is 31.5 Å². The zero-order chi connectivity index (χ0) is 29.0. The molecule has 3 heterocycles. The quantitative estimate of drug-likeness (QED) is 0.278. The molecule has 2 fully saturated rings. The summed E-state index contributed by atoms with van der Waals surface area (Å²) in [6.07, 6.45) is 5.14. The highest BCUT2D eigenvalue weighted by Crippen LogP contribution is 2.46. The van der Waals surface area contributed by atoms with Gasteiger partial charge in [-0.3, -0.25) is 19.2 Å². The highest BCUT2D eigenvalue weighted by Gasteiger charge is 2.48. The number of allylic oxidation sites excluding steroid dienone is 1. The smallest absolute Gasteiger partial charge is 0.336 e. The number of benzene rings is 1. The van der Waals surface area contributed by atoms with Crippen LogP contribution in [-0.4, -0.2) is 75.8 Å². The third kappa shape index (κ3) is 7.08. The molecule has 12 heteroatoms. The van der Waals surface area contributed by atoms with Crippen molar-refractivity contribution < 1.29 is 44.3 Å². The Hall–Kier alpha value is -3.61. The summed E-state index contributed by atoms with van der Waals surface area (Å²) in [5, 5.41) is 49.5. The molecular formula is C27H34FN3O8. The summed E-state index contributed by atoms with van der Waals surface area (Å²) in [4.78, 5) is 33.0. The summed E-state index contributed by atoms with van der Waals surface area (Å²) in [5.74, 6) is -5.28. The number of aliphatic hydroxyl groups is 2. The van der Waals surface area contributed by atoms with Gasteiger partial charge in [0.05, 0.1) is 31.2 Å². The number of piperidine rings is 1. The van der Waals surface area contributed by atoms with Crippen molar-refractivity contribution in [1.29, 1.82) is 0 Å². The third-order valence-corrected chi connectivity index (χ3v) is 7.44. The van der Waals surface area contributed by atoms with Gasteiger partial charge < -0.3 is 25.5 Å². The van der Waals surface area contributed by atoms with Gasteiger partial charge in [0.1, 0.15) is 5.82 Å². The van der Waals surface area contributed by atoms with Crippen LogP contribution in [0.4, 0.5) is 4.39 Å². The van der Waals surface area contributed by atoms with E-state index in [0.29, 0.717) is 24.9 Å². The molecule has 2 unspecified atom stereocenters. The van der Waals surface area contributed by atoms with Crippen molar-refractivity contribution in [2.45, 2.75) is 81.8 Å². The molecule has 2 aliphatic rings. The third-order valence-electron chi connectivity index (χ3n) is 7.44. The minimum Gasteiger partial charge on any atom is -0.481 e. The Bertz CT molecular complexity index is 1180. The van der Waals surface area contributed by atoms with Crippen molar-refractivity contribution in [3.8, 4) is 0 Å². The van der Waals surface area contributed by atoms with Gasteiger partial charge in [-0.05, 0) is 50.3 Å². The number of aliphatic carboxylic acids is 3. The minimum atomic E-state index is -2.74. The van der Waals surface area contributed by atoms with Crippen molar-refractivity contribution in [3.63, 3.8) is 0 Å². The van der Waals surface area contributed by atoms with Gasteiger partial charge in [0.2, 0.25) is 0 Å². The fourth-order valence-corrected chi connectivity index (χ4v) is 5.43. The first-order valence-electron chi connectivity index (χ1n) is 12.5. The lowest BCUT2D eigenvalue weighted by atomic mass is 9.80. The minimum absolute atomic E-state index is 0.259. The fraction of sp³-hybridized carbons (Fsp3) is 0.481. The van der Waals surface area contributed by atoms with Crippen molar-refractivity contribution in [3.05, 3.63) is 65.8 Å². The molecule has 2 atom stereocenters. The van der Waals surface area contributed by atoms with Crippen LogP contribution in [0.3, 0.4) is 0 Å². The summed E-state index contributed by atoms with van der Waals surface area (Å²) in [6.45, 7) is 7.49. The van der Waals surface area contributed by atoms with E-state index in [-0.39, 0.29) is 5.82 Å². The number of nitrogens with zero attached hydrogens (tertiary/aromatic N) is 3. The van der Waals surface area contributed by atoms with Gasteiger partial charge in [-0.15, -0.1) is 6.58 Å². The van der Waals surface area contributed by atoms with Crippen LogP contribution in [0.5, 0.6) is 0 Å². The lowest BCUT2D eigenvalue weighted by molar-refractivity contribution is -0.170. The van der Waals surface area contributed by atoms with E-state index in [1.54, 1.807) is 12.1 Å². The Kier molecular flexibility index (Phi) is 9.26. The predicted molar refractivity (Wildman–Crippen MR) is 136 cm³/mol. The Morgan fingerprint density at radius 2 is 1.64 bits per heavy atom. The van der Waals surface area contributed by atoms with E-state index < -0.39 is 42.0 Å². The van der Waals surface area contributed by atoms with Crippen LogP contribution in [0.15, 0.2) is 43.1 Å². The molecular weight excluding hydrogens is 513 g/mol. The van der Waals surface area contributed by atoms with Crippen molar-refractivity contribution in [1.82, 2.24) is 14.7 Å². The highest BCUT2D eigenvalue weighted by atomic mass is 19.1. The van der Waals surface area contributed by atoms with Gasteiger partial charge in [-0.2, -0.15) is 5.10 Å². The summed E-state index contributed by atoms with van der Waals surface area (Å²) < 4.78 is 15.2. The molecule has 2 saturated heterocycles. The molecule has 11 nitrogen and oxygen atoms in total.